The Morgan fingerprint density at radius 2 is 1.45 bits per heavy atom. The van der Waals surface area contributed by atoms with Crippen LogP contribution in [0.15, 0.2) is 59.0 Å². The second kappa shape index (κ2) is 5.54. The minimum Gasteiger partial charge on any atom is -0.454 e. The van der Waals surface area contributed by atoms with Crippen molar-refractivity contribution < 1.29 is 4.42 Å². The highest BCUT2D eigenvalue weighted by atomic mass is 16.3. The highest BCUT2D eigenvalue weighted by Gasteiger charge is 2.52. The van der Waals surface area contributed by atoms with Crippen LogP contribution in [0.5, 0.6) is 0 Å². The topological polar surface area (TPSA) is 18.1 Å². The first kappa shape index (κ1) is 16.9. The summed E-state index contributed by atoms with van der Waals surface area (Å²) >= 11 is 0. The van der Waals surface area contributed by atoms with Crippen molar-refractivity contribution in [1.29, 1.82) is 0 Å². The molecule has 9 rings (SSSR count). The molecule has 0 amide bonds. The van der Waals surface area contributed by atoms with Crippen LogP contribution in [-0.2, 0) is 12.5 Å². The Hall–Kier alpha value is -2.74. The van der Waals surface area contributed by atoms with Gasteiger partial charge in [0, 0.05) is 34.1 Å². The van der Waals surface area contributed by atoms with Crippen LogP contribution < -0.4 is 0 Å². The molecule has 2 aromatic heterocycles. The van der Waals surface area contributed by atoms with Crippen LogP contribution in [0.2, 0.25) is 0 Å². The Kier molecular flexibility index (Phi) is 3.02. The molecule has 4 saturated carbocycles. The molecule has 2 heteroatoms. The molecule has 4 fully saturated rings. The first-order valence-corrected chi connectivity index (χ1v) is 12.0. The number of fused-ring (bicyclic) bond motifs is 7. The molecule has 0 unspecified atom stereocenters. The molecule has 3 aromatic carbocycles. The summed E-state index contributed by atoms with van der Waals surface area (Å²) in [6, 6.07) is 20.1. The number of hydrogen-bond donors (Lipinski definition) is 0. The van der Waals surface area contributed by atoms with Gasteiger partial charge in [0.15, 0.2) is 5.58 Å². The minimum atomic E-state index is 0.351. The van der Waals surface area contributed by atoms with Crippen LogP contribution in [0, 0.1) is 17.8 Å². The molecule has 4 aliphatic rings. The maximum absolute atomic E-state index is 6.53. The van der Waals surface area contributed by atoms with E-state index in [2.05, 4.69) is 66.2 Å². The molecule has 0 aliphatic heterocycles. The molecule has 31 heavy (non-hydrogen) atoms. The van der Waals surface area contributed by atoms with E-state index in [0.717, 1.165) is 28.9 Å². The number of hydrogen-bond acceptors (Lipinski definition) is 1. The number of rotatable bonds is 1. The van der Waals surface area contributed by atoms with Crippen molar-refractivity contribution in [2.45, 2.75) is 43.9 Å². The third kappa shape index (κ3) is 2.04. The van der Waals surface area contributed by atoms with Gasteiger partial charge in [-0.15, -0.1) is 0 Å². The Morgan fingerprint density at radius 3 is 2.19 bits per heavy atom. The SMILES string of the molecule is Cn1c2ccccc2c2c(C34CC5CC(CC(C5)C3)C4)cc3c4ccccc4oc3c21. The maximum atomic E-state index is 6.53. The maximum Gasteiger partial charge on any atom is 0.159 e. The second-order valence-corrected chi connectivity index (χ2v) is 10.9. The standard InChI is InChI=1S/C29H27NO/c1-30-24-8-4-2-7-21(24)26-23(29-14-17-10-18(15-29)12-19(11-17)16-29)13-22-20-6-3-5-9-25(20)31-28(22)27(26)30/h2-9,13,17-19H,10-12,14-16H2,1H3. The smallest absolute Gasteiger partial charge is 0.159 e. The van der Waals surface area contributed by atoms with E-state index in [1.54, 1.807) is 5.56 Å². The lowest BCUT2D eigenvalue weighted by Crippen LogP contribution is -2.48. The van der Waals surface area contributed by atoms with Crippen molar-refractivity contribution in [2.75, 3.05) is 0 Å². The van der Waals surface area contributed by atoms with Gasteiger partial charge in [-0.05, 0) is 85.5 Å². The Morgan fingerprint density at radius 1 is 0.806 bits per heavy atom. The lowest BCUT2D eigenvalue weighted by molar-refractivity contribution is -0.00441. The monoisotopic (exact) mass is 405 g/mol. The molecule has 5 aromatic rings. The molecule has 2 heterocycles. The van der Waals surface area contributed by atoms with Crippen molar-refractivity contribution >= 4 is 43.7 Å². The molecule has 0 N–H and O–H groups in total. The molecule has 0 spiro atoms. The molecule has 0 saturated heterocycles. The van der Waals surface area contributed by atoms with E-state index >= 15 is 0 Å². The van der Waals surface area contributed by atoms with Gasteiger partial charge in [0.25, 0.3) is 0 Å². The first-order chi connectivity index (χ1) is 15.2. The van der Waals surface area contributed by atoms with Crippen LogP contribution in [0.1, 0.15) is 44.1 Å². The van der Waals surface area contributed by atoms with E-state index in [4.69, 9.17) is 4.42 Å². The van der Waals surface area contributed by atoms with E-state index in [9.17, 15) is 0 Å². The zero-order valence-electron chi connectivity index (χ0n) is 18.0. The van der Waals surface area contributed by atoms with Crippen molar-refractivity contribution in [3.8, 4) is 0 Å². The van der Waals surface area contributed by atoms with Crippen LogP contribution in [-0.4, -0.2) is 4.57 Å². The third-order valence-electron chi connectivity index (χ3n) is 9.12. The summed E-state index contributed by atoms with van der Waals surface area (Å²) < 4.78 is 8.92. The summed E-state index contributed by atoms with van der Waals surface area (Å²) in [7, 11) is 2.22. The number of para-hydroxylation sites is 2. The molecule has 4 aliphatic carbocycles. The summed E-state index contributed by atoms with van der Waals surface area (Å²) in [5, 5.41) is 5.43. The fraction of sp³-hybridized carbons (Fsp3) is 0.379. The van der Waals surface area contributed by atoms with Crippen molar-refractivity contribution in [3.63, 3.8) is 0 Å². The Bertz CT molecular complexity index is 1500. The van der Waals surface area contributed by atoms with Gasteiger partial charge in [0.05, 0.1) is 5.52 Å². The predicted octanol–water partition coefficient (Wildman–Crippen LogP) is 7.70. The zero-order chi connectivity index (χ0) is 20.3. The van der Waals surface area contributed by atoms with Crippen LogP contribution >= 0.6 is 0 Å². The summed E-state index contributed by atoms with van der Waals surface area (Å²) in [4.78, 5) is 0. The van der Waals surface area contributed by atoms with Crippen molar-refractivity contribution in [2.24, 2.45) is 24.8 Å². The average molecular weight is 406 g/mol. The van der Waals surface area contributed by atoms with Gasteiger partial charge in [-0.2, -0.15) is 0 Å². The van der Waals surface area contributed by atoms with E-state index in [0.29, 0.717) is 5.41 Å². The van der Waals surface area contributed by atoms with Crippen LogP contribution in [0.3, 0.4) is 0 Å². The molecule has 0 atom stereocenters. The Labute approximate surface area is 181 Å². The number of aryl methyl sites for hydroxylation is 1. The normalized spacial score (nSPS) is 29.8. The lowest BCUT2D eigenvalue weighted by atomic mass is 9.47. The van der Waals surface area contributed by atoms with Gasteiger partial charge in [-0.25, -0.2) is 0 Å². The summed E-state index contributed by atoms with van der Waals surface area (Å²) in [6.45, 7) is 0. The van der Waals surface area contributed by atoms with Gasteiger partial charge in [-0.1, -0.05) is 36.4 Å². The van der Waals surface area contributed by atoms with Gasteiger partial charge >= 0.3 is 0 Å². The van der Waals surface area contributed by atoms with E-state index in [1.807, 2.05) is 0 Å². The van der Waals surface area contributed by atoms with Crippen molar-refractivity contribution in [3.05, 3.63) is 60.2 Å². The fourth-order valence-electron chi connectivity index (χ4n) is 8.39. The van der Waals surface area contributed by atoms with E-state index in [1.165, 1.54) is 71.1 Å². The summed E-state index contributed by atoms with van der Waals surface area (Å²) in [5.74, 6) is 2.81. The van der Waals surface area contributed by atoms with E-state index in [-0.39, 0.29) is 0 Å². The quantitative estimate of drug-likeness (QED) is 0.279. The molecular formula is C29H27NO. The number of furan rings is 1. The summed E-state index contributed by atoms with van der Waals surface area (Å²) in [5.41, 5.74) is 6.65. The van der Waals surface area contributed by atoms with Crippen LogP contribution in [0.25, 0.3) is 43.7 Å². The van der Waals surface area contributed by atoms with Gasteiger partial charge < -0.3 is 8.98 Å². The molecule has 2 nitrogen and oxygen atoms in total. The zero-order valence-corrected chi connectivity index (χ0v) is 18.0. The molecular weight excluding hydrogens is 378 g/mol. The fourth-order valence-corrected chi connectivity index (χ4v) is 8.39. The predicted molar refractivity (Wildman–Crippen MR) is 128 cm³/mol. The number of aromatic nitrogens is 1. The molecule has 4 bridgehead atoms. The second-order valence-electron chi connectivity index (χ2n) is 10.9. The Balaban J connectivity index is 1.58. The van der Waals surface area contributed by atoms with Gasteiger partial charge in [0.1, 0.15) is 5.58 Å². The van der Waals surface area contributed by atoms with Gasteiger partial charge in [0.2, 0.25) is 0 Å². The van der Waals surface area contributed by atoms with Crippen molar-refractivity contribution in [1.82, 2.24) is 4.57 Å². The molecule has 154 valence electrons. The highest BCUT2D eigenvalue weighted by Crippen LogP contribution is 2.62. The largest absolute Gasteiger partial charge is 0.454 e. The first-order valence-electron chi connectivity index (χ1n) is 12.0. The molecule has 0 radical (unpaired) electrons. The lowest BCUT2D eigenvalue weighted by Gasteiger charge is -2.57. The number of benzene rings is 3. The highest BCUT2D eigenvalue weighted by molar-refractivity contribution is 6.22. The third-order valence-corrected chi connectivity index (χ3v) is 9.12. The number of nitrogens with zero attached hydrogens (tertiary/aromatic N) is 1. The average Bonchev–Trinajstić information content (AvgIpc) is 3.28. The van der Waals surface area contributed by atoms with E-state index < -0.39 is 0 Å². The minimum absolute atomic E-state index is 0.351. The summed E-state index contributed by atoms with van der Waals surface area (Å²) in [6.07, 6.45) is 8.61. The van der Waals surface area contributed by atoms with Gasteiger partial charge in [-0.3, -0.25) is 0 Å². The van der Waals surface area contributed by atoms with Crippen LogP contribution in [0.4, 0.5) is 0 Å².